The topological polar surface area (TPSA) is 117 Å². The average Bonchev–Trinajstić information content (AvgIpc) is 3.01. The minimum absolute atomic E-state index is 0.0588. The Kier molecular flexibility index (Phi) is 32.7. The van der Waals surface area contributed by atoms with Crippen LogP contribution >= 0.6 is 7.82 Å². The van der Waals surface area contributed by atoms with E-state index in [1.54, 1.807) is 6.26 Å². The molecule has 44 heavy (non-hydrogen) atoms. The Morgan fingerprint density at radius 1 is 0.682 bits per heavy atom. The second-order valence-electron chi connectivity index (χ2n) is 12.2. The van der Waals surface area contributed by atoms with Crippen molar-refractivity contribution in [3.05, 3.63) is 12.3 Å². The van der Waals surface area contributed by atoms with Gasteiger partial charge in [-0.1, -0.05) is 149 Å². The van der Waals surface area contributed by atoms with E-state index >= 15 is 0 Å². The van der Waals surface area contributed by atoms with Crippen LogP contribution in [0.15, 0.2) is 12.3 Å². The smallest absolute Gasteiger partial charge is 0.472 e. The second kappa shape index (κ2) is 33.4. The Balaban J connectivity index is 4.15. The van der Waals surface area contributed by atoms with Crippen LogP contribution in [0.3, 0.4) is 0 Å². The molecule has 0 aliphatic heterocycles. The summed E-state index contributed by atoms with van der Waals surface area (Å²) in [5.41, 5.74) is 5.34. The van der Waals surface area contributed by atoms with Gasteiger partial charge in [-0.25, -0.2) is 4.57 Å². The van der Waals surface area contributed by atoms with Gasteiger partial charge in [-0.05, 0) is 25.3 Å². The summed E-state index contributed by atoms with van der Waals surface area (Å²) in [5, 5.41) is 0. The SMILES string of the molecule is CCCCCCCCCCCCCC/C=C\O[C@H](COC(=O)CCCCCCCCCCCCC)COP(=O)(O)OCCN. The number of allylic oxidation sites excluding steroid dienone is 1. The summed E-state index contributed by atoms with van der Waals surface area (Å²) in [5.74, 6) is -0.290. The summed E-state index contributed by atoms with van der Waals surface area (Å²) in [7, 11) is -4.25. The van der Waals surface area contributed by atoms with Gasteiger partial charge < -0.3 is 20.1 Å². The van der Waals surface area contributed by atoms with Crippen LogP contribution in [0.2, 0.25) is 0 Å². The number of rotatable bonds is 35. The van der Waals surface area contributed by atoms with Gasteiger partial charge in [0.05, 0.1) is 19.5 Å². The van der Waals surface area contributed by atoms with Crippen LogP contribution in [0, 0.1) is 0 Å². The van der Waals surface area contributed by atoms with Gasteiger partial charge in [0, 0.05) is 13.0 Å². The van der Waals surface area contributed by atoms with Crippen molar-refractivity contribution >= 4 is 13.8 Å². The monoisotopic (exact) mass is 647 g/mol. The Morgan fingerprint density at radius 3 is 1.61 bits per heavy atom. The van der Waals surface area contributed by atoms with Crippen LogP contribution in [0.5, 0.6) is 0 Å². The predicted molar refractivity (Wildman–Crippen MR) is 183 cm³/mol. The van der Waals surface area contributed by atoms with E-state index in [-0.39, 0.29) is 32.3 Å². The molecule has 0 amide bonds. The van der Waals surface area contributed by atoms with Crippen molar-refractivity contribution in [2.24, 2.45) is 5.73 Å². The largest absolute Gasteiger partial charge is 0.492 e. The zero-order chi connectivity index (χ0) is 32.4. The molecular weight excluding hydrogens is 577 g/mol. The average molecular weight is 648 g/mol. The van der Waals surface area contributed by atoms with E-state index in [0.29, 0.717) is 6.42 Å². The van der Waals surface area contributed by atoms with E-state index in [1.165, 1.54) is 122 Å². The third-order valence-electron chi connectivity index (χ3n) is 7.80. The number of unbranched alkanes of at least 4 members (excludes halogenated alkanes) is 22. The first-order valence-corrected chi connectivity index (χ1v) is 19.7. The van der Waals surface area contributed by atoms with Crippen molar-refractivity contribution in [2.45, 2.75) is 180 Å². The summed E-state index contributed by atoms with van der Waals surface area (Å²) in [4.78, 5) is 22.1. The lowest BCUT2D eigenvalue weighted by molar-refractivity contribution is -0.147. The predicted octanol–water partition coefficient (Wildman–Crippen LogP) is 10.3. The molecule has 8 nitrogen and oxygen atoms in total. The molecule has 3 N–H and O–H groups in total. The molecule has 0 aromatic heterocycles. The lowest BCUT2D eigenvalue weighted by Gasteiger charge is -2.19. The van der Waals surface area contributed by atoms with Gasteiger partial charge in [0.25, 0.3) is 0 Å². The van der Waals surface area contributed by atoms with Gasteiger partial charge in [0.15, 0.2) is 6.10 Å². The first-order chi connectivity index (χ1) is 21.4. The highest BCUT2D eigenvalue weighted by Crippen LogP contribution is 2.43. The number of esters is 1. The molecule has 262 valence electrons. The number of nitrogens with two attached hydrogens (primary N) is 1. The molecule has 0 aliphatic rings. The fraction of sp³-hybridized carbons (Fsp3) is 0.914. The number of carbonyl (C=O) groups is 1. The lowest BCUT2D eigenvalue weighted by atomic mass is 10.0. The molecule has 0 saturated carbocycles. The maximum atomic E-state index is 12.3. The van der Waals surface area contributed by atoms with Crippen molar-refractivity contribution in [3.8, 4) is 0 Å². The summed E-state index contributed by atoms with van der Waals surface area (Å²) >= 11 is 0. The van der Waals surface area contributed by atoms with Crippen LogP contribution < -0.4 is 5.73 Å². The number of phosphoric ester groups is 1. The maximum absolute atomic E-state index is 12.3. The van der Waals surface area contributed by atoms with E-state index in [0.717, 1.165) is 32.1 Å². The molecule has 0 saturated heterocycles. The van der Waals surface area contributed by atoms with Crippen molar-refractivity contribution in [3.63, 3.8) is 0 Å². The highest BCUT2D eigenvalue weighted by Gasteiger charge is 2.24. The van der Waals surface area contributed by atoms with Gasteiger partial charge in [0.1, 0.15) is 6.61 Å². The summed E-state index contributed by atoms with van der Waals surface area (Å²) < 4.78 is 33.0. The highest BCUT2D eigenvalue weighted by molar-refractivity contribution is 7.47. The first-order valence-electron chi connectivity index (χ1n) is 18.2. The Morgan fingerprint density at radius 2 is 1.14 bits per heavy atom. The minimum Gasteiger partial charge on any atom is -0.492 e. The number of ether oxygens (including phenoxy) is 2. The van der Waals surface area contributed by atoms with Crippen LogP contribution in [0.25, 0.3) is 0 Å². The molecule has 0 aromatic rings. The highest BCUT2D eigenvalue weighted by atomic mass is 31.2. The normalized spacial score (nSPS) is 13.7. The first kappa shape index (κ1) is 43.1. The molecule has 0 spiro atoms. The lowest BCUT2D eigenvalue weighted by Crippen LogP contribution is -2.25. The van der Waals surface area contributed by atoms with Gasteiger partial charge in [-0.2, -0.15) is 0 Å². The molecule has 0 rings (SSSR count). The van der Waals surface area contributed by atoms with E-state index in [9.17, 15) is 14.3 Å². The fourth-order valence-corrected chi connectivity index (χ4v) is 5.80. The molecule has 9 heteroatoms. The molecular formula is C35H70NO7P. The van der Waals surface area contributed by atoms with Gasteiger partial charge in [0.2, 0.25) is 0 Å². The number of hydrogen-bond acceptors (Lipinski definition) is 7. The molecule has 0 radical (unpaired) electrons. The fourth-order valence-electron chi connectivity index (χ4n) is 5.04. The Hall–Kier alpha value is -0.920. The zero-order valence-electron chi connectivity index (χ0n) is 28.7. The van der Waals surface area contributed by atoms with Crippen molar-refractivity contribution in [1.29, 1.82) is 0 Å². The quantitative estimate of drug-likeness (QED) is 0.0302. The van der Waals surface area contributed by atoms with Crippen LogP contribution in [-0.2, 0) is 27.9 Å². The van der Waals surface area contributed by atoms with Crippen molar-refractivity contribution in [1.82, 2.24) is 0 Å². The Bertz CT molecular complexity index is 692. The summed E-state index contributed by atoms with van der Waals surface area (Å²) in [6, 6.07) is 0. The van der Waals surface area contributed by atoms with Gasteiger partial charge in [-0.15, -0.1) is 0 Å². The van der Waals surface area contributed by atoms with E-state index < -0.39 is 13.9 Å². The summed E-state index contributed by atoms with van der Waals surface area (Å²) in [6.45, 7) is 4.21. The number of hydrogen-bond donors (Lipinski definition) is 2. The zero-order valence-corrected chi connectivity index (χ0v) is 29.6. The van der Waals surface area contributed by atoms with E-state index in [2.05, 4.69) is 13.8 Å². The van der Waals surface area contributed by atoms with Crippen molar-refractivity contribution < 1.29 is 32.8 Å². The molecule has 0 bridgehead atoms. The molecule has 0 heterocycles. The third kappa shape index (κ3) is 32.5. The minimum atomic E-state index is -4.25. The van der Waals surface area contributed by atoms with Crippen LogP contribution in [0.4, 0.5) is 0 Å². The standard InChI is InChI=1S/C35H70NO7P/c1-3-5-7-9-11-13-15-16-17-19-21-23-25-27-30-40-34(33-43-44(38,39)42-31-29-36)32-41-35(37)28-26-24-22-20-18-14-12-10-8-6-4-2/h27,30,34H,3-26,28-29,31-33,36H2,1-2H3,(H,38,39)/b30-27-/t34-/m1/s1. The molecule has 0 fully saturated rings. The van der Waals surface area contributed by atoms with Gasteiger partial charge in [-0.3, -0.25) is 13.8 Å². The second-order valence-corrected chi connectivity index (χ2v) is 13.6. The molecule has 0 aliphatic carbocycles. The maximum Gasteiger partial charge on any atom is 0.472 e. The number of carbonyl (C=O) groups excluding carboxylic acids is 1. The van der Waals surface area contributed by atoms with Crippen LogP contribution in [-0.4, -0.2) is 43.3 Å². The van der Waals surface area contributed by atoms with E-state index in [4.69, 9.17) is 24.3 Å². The van der Waals surface area contributed by atoms with E-state index in [1.807, 2.05) is 6.08 Å². The van der Waals surface area contributed by atoms with Gasteiger partial charge >= 0.3 is 13.8 Å². The number of phosphoric acid groups is 1. The van der Waals surface area contributed by atoms with Crippen molar-refractivity contribution in [2.75, 3.05) is 26.4 Å². The molecule has 1 unspecified atom stereocenters. The van der Waals surface area contributed by atoms with Crippen LogP contribution in [0.1, 0.15) is 174 Å². The third-order valence-corrected chi connectivity index (χ3v) is 8.79. The molecule has 2 atom stereocenters. The molecule has 0 aromatic carbocycles. The Labute approximate surface area is 271 Å². The summed E-state index contributed by atoms with van der Waals surface area (Å²) in [6.07, 6.45) is 33.2.